The Morgan fingerprint density at radius 2 is 2.18 bits per heavy atom. The first kappa shape index (κ1) is 13.9. The molecular weight excluding hydrogens is 238 g/mol. The van der Waals surface area contributed by atoms with Crippen LogP contribution in [0, 0.1) is 0 Å². The van der Waals surface area contributed by atoms with Gasteiger partial charge in [0.2, 0.25) is 0 Å². The standard InChI is InChI=1S/C13H18ClNO2/c1-4-16-12-7-5-6-11(8-15-3)13(12)17-9-10(2)14/h5-7,15H,2,4,8-9H2,1,3H3. The van der Waals surface area contributed by atoms with E-state index >= 15 is 0 Å². The lowest BCUT2D eigenvalue weighted by Gasteiger charge is -2.15. The number of para-hydroxylation sites is 1. The van der Waals surface area contributed by atoms with Crippen molar-refractivity contribution < 1.29 is 9.47 Å². The predicted octanol–water partition coefficient (Wildman–Crippen LogP) is 2.94. The van der Waals surface area contributed by atoms with Crippen LogP contribution in [0.2, 0.25) is 0 Å². The van der Waals surface area contributed by atoms with Crippen molar-refractivity contribution in [2.75, 3.05) is 20.3 Å². The van der Waals surface area contributed by atoms with E-state index in [0.717, 1.165) is 17.1 Å². The number of benzene rings is 1. The number of nitrogens with one attached hydrogen (secondary N) is 1. The van der Waals surface area contributed by atoms with Gasteiger partial charge in [0.15, 0.2) is 11.5 Å². The maximum atomic E-state index is 5.71. The summed E-state index contributed by atoms with van der Waals surface area (Å²) in [5.41, 5.74) is 1.04. The molecule has 1 aromatic rings. The molecule has 1 aromatic carbocycles. The topological polar surface area (TPSA) is 30.5 Å². The zero-order valence-corrected chi connectivity index (χ0v) is 11.0. The van der Waals surface area contributed by atoms with Gasteiger partial charge in [-0.15, -0.1) is 0 Å². The van der Waals surface area contributed by atoms with E-state index in [1.807, 2.05) is 32.2 Å². The maximum Gasteiger partial charge on any atom is 0.166 e. The molecule has 1 N–H and O–H groups in total. The van der Waals surface area contributed by atoms with Gasteiger partial charge >= 0.3 is 0 Å². The molecule has 17 heavy (non-hydrogen) atoms. The van der Waals surface area contributed by atoms with Gasteiger partial charge in [-0.05, 0) is 20.0 Å². The molecule has 0 aliphatic carbocycles. The van der Waals surface area contributed by atoms with Gasteiger partial charge in [-0.1, -0.05) is 30.3 Å². The third-order valence-electron chi connectivity index (χ3n) is 2.10. The molecule has 0 heterocycles. The Kier molecular flexibility index (Phi) is 5.87. The first-order valence-corrected chi connectivity index (χ1v) is 5.92. The SMILES string of the molecule is C=C(Cl)COc1c(CNC)cccc1OCC. The molecule has 0 spiro atoms. The number of hydrogen-bond donors (Lipinski definition) is 1. The van der Waals surface area contributed by atoms with Crippen molar-refractivity contribution in [3.63, 3.8) is 0 Å². The van der Waals surface area contributed by atoms with Crippen LogP contribution in [0.5, 0.6) is 11.5 Å². The second-order valence-electron chi connectivity index (χ2n) is 3.51. The average Bonchev–Trinajstić information content (AvgIpc) is 2.29. The van der Waals surface area contributed by atoms with Gasteiger partial charge in [0, 0.05) is 17.1 Å². The number of ether oxygens (including phenoxy) is 2. The van der Waals surface area contributed by atoms with Gasteiger partial charge in [0.05, 0.1) is 6.61 Å². The molecule has 0 aromatic heterocycles. The largest absolute Gasteiger partial charge is 0.490 e. The molecule has 1 rings (SSSR count). The lowest BCUT2D eigenvalue weighted by atomic mass is 10.2. The fraction of sp³-hybridized carbons (Fsp3) is 0.385. The molecule has 0 radical (unpaired) electrons. The van der Waals surface area contributed by atoms with Crippen molar-refractivity contribution in [3.8, 4) is 11.5 Å². The Balaban J connectivity index is 2.95. The van der Waals surface area contributed by atoms with E-state index in [2.05, 4.69) is 11.9 Å². The van der Waals surface area contributed by atoms with Gasteiger partial charge in [0.1, 0.15) is 6.61 Å². The Morgan fingerprint density at radius 3 is 2.76 bits per heavy atom. The fourth-order valence-electron chi connectivity index (χ4n) is 1.47. The zero-order chi connectivity index (χ0) is 12.7. The molecule has 0 saturated heterocycles. The Hall–Kier alpha value is -1.19. The summed E-state index contributed by atoms with van der Waals surface area (Å²) in [7, 11) is 1.89. The Morgan fingerprint density at radius 1 is 1.41 bits per heavy atom. The number of halogens is 1. The van der Waals surface area contributed by atoms with Crippen LogP contribution < -0.4 is 14.8 Å². The predicted molar refractivity (Wildman–Crippen MR) is 70.9 cm³/mol. The lowest BCUT2D eigenvalue weighted by molar-refractivity contribution is 0.293. The summed E-state index contributed by atoms with van der Waals surface area (Å²) in [5, 5.41) is 3.55. The quantitative estimate of drug-likeness (QED) is 0.813. The summed E-state index contributed by atoms with van der Waals surface area (Å²) in [6.07, 6.45) is 0. The third kappa shape index (κ3) is 4.29. The molecule has 4 heteroatoms. The van der Waals surface area contributed by atoms with Gasteiger partial charge in [0.25, 0.3) is 0 Å². The summed E-state index contributed by atoms with van der Waals surface area (Å²) < 4.78 is 11.2. The van der Waals surface area contributed by atoms with E-state index in [1.165, 1.54) is 0 Å². The highest BCUT2D eigenvalue weighted by Crippen LogP contribution is 2.31. The highest BCUT2D eigenvalue weighted by molar-refractivity contribution is 6.29. The molecule has 0 unspecified atom stereocenters. The fourth-order valence-corrected chi connectivity index (χ4v) is 1.53. The van der Waals surface area contributed by atoms with Crippen LogP contribution in [0.15, 0.2) is 29.8 Å². The maximum absolute atomic E-state index is 5.71. The minimum atomic E-state index is 0.280. The monoisotopic (exact) mass is 255 g/mol. The molecule has 94 valence electrons. The van der Waals surface area contributed by atoms with Crippen molar-refractivity contribution in [2.45, 2.75) is 13.5 Å². The van der Waals surface area contributed by atoms with E-state index in [9.17, 15) is 0 Å². The van der Waals surface area contributed by atoms with Crippen LogP contribution in [0.25, 0.3) is 0 Å². The van der Waals surface area contributed by atoms with E-state index in [-0.39, 0.29) is 6.61 Å². The smallest absolute Gasteiger partial charge is 0.166 e. The molecule has 0 aliphatic rings. The van der Waals surface area contributed by atoms with E-state index in [4.69, 9.17) is 21.1 Å². The average molecular weight is 256 g/mol. The van der Waals surface area contributed by atoms with E-state index in [0.29, 0.717) is 18.2 Å². The number of hydrogen-bond acceptors (Lipinski definition) is 3. The van der Waals surface area contributed by atoms with Gasteiger partial charge in [-0.2, -0.15) is 0 Å². The van der Waals surface area contributed by atoms with Crippen LogP contribution >= 0.6 is 11.6 Å². The van der Waals surface area contributed by atoms with Crippen molar-refractivity contribution in [1.29, 1.82) is 0 Å². The van der Waals surface area contributed by atoms with E-state index < -0.39 is 0 Å². The summed E-state index contributed by atoms with van der Waals surface area (Å²) >= 11 is 5.71. The third-order valence-corrected chi connectivity index (χ3v) is 2.21. The first-order chi connectivity index (χ1) is 8.19. The number of rotatable bonds is 7. The van der Waals surface area contributed by atoms with Crippen LogP contribution in [-0.4, -0.2) is 20.3 Å². The van der Waals surface area contributed by atoms with Gasteiger partial charge < -0.3 is 14.8 Å². The Labute approximate surface area is 107 Å². The normalized spacial score (nSPS) is 10.1. The first-order valence-electron chi connectivity index (χ1n) is 5.54. The van der Waals surface area contributed by atoms with Crippen molar-refractivity contribution in [1.82, 2.24) is 5.32 Å². The second-order valence-corrected chi connectivity index (χ2v) is 4.05. The van der Waals surface area contributed by atoms with Crippen molar-refractivity contribution >= 4 is 11.6 Å². The highest BCUT2D eigenvalue weighted by Gasteiger charge is 2.10. The molecular formula is C13H18ClNO2. The van der Waals surface area contributed by atoms with Gasteiger partial charge in [-0.25, -0.2) is 0 Å². The van der Waals surface area contributed by atoms with Crippen molar-refractivity contribution in [2.24, 2.45) is 0 Å². The summed E-state index contributed by atoms with van der Waals surface area (Å²) in [6.45, 7) is 7.14. The van der Waals surface area contributed by atoms with E-state index in [1.54, 1.807) is 0 Å². The molecule has 0 amide bonds. The van der Waals surface area contributed by atoms with Gasteiger partial charge in [-0.3, -0.25) is 0 Å². The van der Waals surface area contributed by atoms with Crippen LogP contribution in [-0.2, 0) is 6.54 Å². The van der Waals surface area contributed by atoms with Crippen molar-refractivity contribution in [3.05, 3.63) is 35.4 Å². The molecule has 0 aliphatic heterocycles. The van der Waals surface area contributed by atoms with Crippen LogP contribution in [0.3, 0.4) is 0 Å². The zero-order valence-electron chi connectivity index (χ0n) is 10.3. The second kappa shape index (κ2) is 7.20. The summed E-state index contributed by atoms with van der Waals surface area (Å²) in [5.74, 6) is 1.46. The Bertz CT molecular complexity index is 355. The minimum Gasteiger partial charge on any atom is -0.490 e. The molecule has 0 bridgehead atoms. The highest BCUT2D eigenvalue weighted by atomic mass is 35.5. The summed E-state index contributed by atoms with van der Waals surface area (Å²) in [6, 6.07) is 5.82. The molecule has 0 fully saturated rings. The van der Waals surface area contributed by atoms with Crippen LogP contribution in [0.4, 0.5) is 0 Å². The minimum absolute atomic E-state index is 0.280. The molecule has 0 saturated carbocycles. The summed E-state index contributed by atoms with van der Waals surface area (Å²) in [4.78, 5) is 0. The molecule has 0 atom stereocenters. The lowest BCUT2D eigenvalue weighted by Crippen LogP contribution is -2.09. The molecule has 3 nitrogen and oxygen atoms in total. The van der Waals surface area contributed by atoms with Crippen LogP contribution in [0.1, 0.15) is 12.5 Å².